The molecule has 0 saturated heterocycles. The molecule has 1 N–H and O–H groups in total. The highest BCUT2D eigenvalue weighted by molar-refractivity contribution is 5.95. The number of carbonyl (C=O) groups excluding carboxylic acids is 1. The van der Waals surface area contributed by atoms with Crippen LogP contribution in [0.1, 0.15) is 40.2 Å². The van der Waals surface area contributed by atoms with E-state index in [-0.39, 0.29) is 5.91 Å². The third-order valence-corrected chi connectivity index (χ3v) is 3.89. The van der Waals surface area contributed by atoms with Gasteiger partial charge in [0.1, 0.15) is 12.4 Å². The molecule has 0 spiro atoms. The number of nitrogens with one attached hydrogen (secondary N) is 1. The monoisotopic (exact) mass is 316 g/mol. The van der Waals surface area contributed by atoms with Gasteiger partial charge in [-0.25, -0.2) is 0 Å². The van der Waals surface area contributed by atoms with Crippen molar-refractivity contribution >= 4 is 5.91 Å². The average molecular weight is 316 g/mol. The molecule has 122 valence electrons. The van der Waals surface area contributed by atoms with Crippen LogP contribution in [0, 0.1) is 13.8 Å². The van der Waals surface area contributed by atoms with E-state index in [4.69, 9.17) is 14.0 Å². The lowest BCUT2D eigenvalue weighted by molar-refractivity contribution is 0.0950. The molecule has 6 heteroatoms. The largest absolute Gasteiger partial charge is 0.493 e. The molecular formula is C17H20N2O4. The van der Waals surface area contributed by atoms with Gasteiger partial charge in [0, 0.05) is 11.6 Å². The summed E-state index contributed by atoms with van der Waals surface area (Å²) in [4.78, 5) is 12.1. The minimum Gasteiger partial charge on any atom is -0.493 e. The molecule has 2 aromatic rings. The van der Waals surface area contributed by atoms with Crippen molar-refractivity contribution in [3.8, 4) is 11.5 Å². The summed E-state index contributed by atoms with van der Waals surface area (Å²) in [5, 5.41) is 6.86. The quantitative estimate of drug-likeness (QED) is 0.887. The second-order valence-corrected chi connectivity index (χ2v) is 5.70. The minimum atomic E-state index is -0.0805. The van der Waals surface area contributed by atoms with E-state index in [0.717, 1.165) is 29.9 Å². The number of ether oxygens (including phenoxy) is 2. The van der Waals surface area contributed by atoms with E-state index in [1.54, 1.807) is 25.3 Å². The molecular weight excluding hydrogens is 296 g/mol. The van der Waals surface area contributed by atoms with Crippen LogP contribution in [-0.4, -0.2) is 24.2 Å². The predicted molar refractivity (Wildman–Crippen MR) is 83.8 cm³/mol. The topological polar surface area (TPSA) is 73.6 Å². The van der Waals surface area contributed by atoms with Gasteiger partial charge >= 0.3 is 0 Å². The highest BCUT2D eigenvalue weighted by Gasteiger charge is 2.24. The maximum Gasteiger partial charge on any atom is 0.251 e. The molecule has 0 atom stereocenters. The van der Waals surface area contributed by atoms with Crippen molar-refractivity contribution in [2.45, 2.75) is 39.3 Å². The molecule has 0 radical (unpaired) electrons. The van der Waals surface area contributed by atoms with Crippen molar-refractivity contribution in [2.24, 2.45) is 0 Å². The van der Waals surface area contributed by atoms with Crippen LogP contribution in [0.15, 0.2) is 22.7 Å². The first-order valence-electron chi connectivity index (χ1n) is 7.62. The van der Waals surface area contributed by atoms with E-state index in [1.807, 2.05) is 13.8 Å². The van der Waals surface area contributed by atoms with Gasteiger partial charge in [0.2, 0.25) is 0 Å². The van der Waals surface area contributed by atoms with Crippen LogP contribution in [0.2, 0.25) is 0 Å². The number of hydrogen-bond acceptors (Lipinski definition) is 5. The minimum absolute atomic E-state index is 0.0805. The molecule has 1 amide bonds. The number of aryl methyl sites for hydroxylation is 2. The van der Waals surface area contributed by atoms with Crippen LogP contribution in [0.4, 0.5) is 0 Å². The fourth-order valence-corrected chi connectivity index (χ4v) is 2.28. The van der Waals surface area contributed by atoms with Crippen LogP contribution in [0.3, 0.4) is 0 Å². The van der Waals surface area contributed by atoms with Crippen molar-refractivity contribution in [1.82, 2.24) is 10.5 Å². The Hall–Kier alpha value is -2.50. The number of aromatic nitrogens is 1. The molecule has 1 saturated carbocycles. The van der Waals surface area contributed by atoms with Crippen LogP contribution in [0.5, 0.6) is 11.5 Å². The van der Waals surface area contributed by atoms with Crippen LogP contribution in [-0.2, 0) is 6.61 Å². The SMILES string of the molecule is COc1cc(C(=O)NC2CC2)ccc1OCc1c(C)noc1C. The van der Waals surface area contributed by atoms with Crippen LogP contribution < -0.4 is 14.8 Å². The molecule has 1 fully saturated rings. The lowest BCUT2D eigenvalue weighted by atomic mass is 10.2. The molecule has 23 heavy (non-hydrogen) atoms. The smallest absolute Gasteiger partial charge is 0.251 e. The molecule has 1 aliphatic rings. The van der Waals surface area contributed by atoms with Gasteiger partial charge in [-0.05, 0) is 44.9 Å². The average Bonchev–Trinajstić information content (AvgIpc) is 3.31. The summed E-state index contributed by atoms with van der Waals surface area (Å²) in [6, 6.07) is 5.51. The Labute approximate surface area is 134 Å². The van der Waals surface area contributed by atoms with Gasteiger partial charge in [-0.1, -0.05) is 5.16 Å². The number of carbonyl (C=O) groups is 1. The van der Waals surface area contributed by atoms with Gasteiger partial charge in [-0.2, -0.15) is 0 Å². The van der Waals surface area contributed by atoms with E-state index in [1.165, 1.54) is 0 Å². The number of nitrogens with zero attached hydrogens (tertiary/aromatic N) is 1. The summed E-state index contributed by atoms with van der Waals surface area (Å²) >= 11 is 0. The standard InChI is InChI=1S/C17H20N2O4/c1-10-14(11(2)23-19-10)9-22-15-7-4-12(8-16(15)21-3)17(20)18-13-5-6-13/h4,7-8,13H,5-6,9H2,1-3H3,(H,18,20). The summed E-state index contributed by atoms with van der Waals surface area (Å²) in [6.45, 7) is 4.06. The van der Waals surface area contributed by atoms with E-state index >= 15 is 0 Å². The normalized spacial score (nSPS) is 13.7. The Bertz CT molecular complexity index is 700. The molecule has 0 unspecified atom stereocenters. The van der Waals surface area contributed by atoms with Gasteiger partial charge in [0.05, 0.1) is 18.4 Å². The first kappa shape index (κ1) is 15.4. The summed E-state index contributed by atoms with van der Waals surface area (Å²) < 4.78 is 16.3. The fourth-order valence-electron chi connectivity index (χ4n) is 2.28. The van der Waals surface area contributed by atoms with Crippen molar-refractivity contribution in [1.29, 1.82) is 0 Å². The van der Waals surface area contributed by atoms with Crippen LogP contribution in [0.25, 0.3) is 0 Å². The zero-order chi connectivity index (χ0) is 16.4. The first-order chi connectivity index (χ1) is 11.1. The summed E-state index contributed by atoms with van der Waals surface area (Å²) in [5.41, 5.74) is 2.29. The molecule has 1 aromatic carbocycles. The molecule has 3 rings (SSSR count). The molecule has 1 heterocycles. The summed E-state index contributed by atoms with van der Waals surface area (Å²) in [6.07, 6.45) is 2.11. The zero-order valence-corrected chi connectivity index (χ0v) is 13.5. The van der Waals surface area contributed by atoms with Crippen molar-refractivity contribution in [3.63, 3.8) is 0 Å². The van der Waals surface area contributed by atoms with E-state index < -0.39 is 0 Å². The van der Waals surface area contributed by atoms with E-state index in [0.29, 0.717) is 29.7 Å². The van der Waals surface area contributed by atoms with Crippen molar-refractivity contribution in [3.05, 3.63) is 40.8 Å². The Kier molecular flexibility index (Phi) is 4.23. The lowest BCUT2D eigenvalue weighted by Crippen LogP contribution is -2.25. The Morgan fingerprint density at radius 1 is 1.35 bits per heavy atom. The molecule has 1 aliphatic carbocycles. The number of hydrogen-bond donors (Lipinski definition) is 1. The second-order valence-electron chi connectivity index (χ2n) is 5.70. The van der Waals surface area contributed by atoms with E-state index in [9.17, 15) is 4.79 Å². The van der Waals surface area contributed by atoms with Gasteiger partial charge in [0.25, 0.3) is 5.91 Å². The summed E-state index contributed by atoms with van der Waals surface area (Å²) in [7, 11) is 1.56. The zero-order valence-electron chi connectivity index (χ0n) is 13.5. The van der Waals surface area contributed by atoms with Crippen molar-refractivity contribution < 1.29 is 18.8 Å². The highest BCUT2D eigenvalue weighted by Crippen LogP contribution is 2.30. The second kappa shape index (κ2) is 6.32. The maximum atomic E-state index is 12.1. The predicted octanol–water partition coefficient (Wildman–Crippen LogP) is 2.77. The lowest BCUT2D eigenvalue weighted by Gasteiger charge is -2.12. The van der Waals surface area contributed by atoms with Crippen molar-refractivity contribution in [2.75, 3.05) is 7.11 Å². The van der Waals surface area contributed by atoms with Gasteiger partial charge in [0.15, 0.2) is 11.5 Å². The van der Waals surface area contributed by atoms with Gasteiger partial charge in [-0.3, -0.25) is 4.79 Å². The Morgan fingerprint density at radius 3 is 2.74 bits per heavy atom. The maximum absolute atomic E-state index is 12.1. The molecule has 0 aliphatic heterocycles. The van der Waals surface area contributed by atoms with Gasteiger partial charge < -0.3 is 19.3 Å². The van der Waals surface area contributed by atoms with Gasteiger partial charge in [-0.15, -0.1) is 0 Å². The Morgan fingerprint density at radius 2 is 2.13 bits per heavy atom. The molecule has 1 aromatic heterocycles. The van der Waals surface area contributed by atoms with Crippen LogP contribution >= 0.6 is 0 Å². The van der Waals surface area contributed by atoms with E-state index in [2.05, 4.69) is 10.5 Å². The summed E-state index contributed by atoms with van der Waals surface area (Å²) in [5.74, 6) is 1.76. The number of methoxy groups -OCH3 is 1. The number of amides is 1. The third kappa shape index (κ3) is 3.47. The third-order valence-electron chi connectivity index (χ3n) is 3.89. The fraction of sp³-hybridized carbons (Fsp3) is 0.412. The molecule has 0 bridgehead atoms. The molecule has 6 nitrogen and oxygen atoms in total. The highest BCUT2D eigenvalue weighted by atomic mass is 16.5. The first-order valence-corrected chi connectivity index (χ1v) is 7.62. The Balaban J connectivity index is 1.72. The number of benzene rings is 1. The number of rotatable bonds is 6.